The summed E-state index contributed by atoms with van der Waals surface area (Å²) in [4.78, 5) is 36.7. The lowest BCUT2D eigenvalue weighted by Crippen LogP contribution is -2.41. The van der Waals surface area contributed by atoms with Crippen LogP contribution in [0.5, 0.6) is 0 Å². The molecule has 0 radical (unpaired) electrons. The number of carbonyl (C=O) groups excluding carboxylic acids is 3. The van der Waals surface area contributed by atoms with Gasteiger partial charge in [-0.05, 0) is 37.0 Å². The average Bonchev–Trinajstić information content (AvgIpc) is 2.92. The van der Waals surface area contributed by atoms with Crippen molar-refractivity contribution in [1.82, 2.24) is 10.2 Å². The Kier molecular flexibility index (Phi) is 5.36. The molecule has 0 spiro atoms. The molecule has 3 amide bonds. The van der Waals surface area contributed by atoms with Crippen molar-refractivity contribution in [3.8, 4) is 0 Å². The molecule has 1 aliphatic heterocycles. The highest BCUT2D eigenvalue weighted by Crippen LogP contribution is 2.12. The van der Waals surface area contributed by atoms with E-state index in [1.54, 1.807) is 12.1 Å². The predicted molar refractivity (Wildman–Crippen MR) is 85.0 cm³/mol. The Balaban J connectivity index is 1.95. The molecule has 1 aliphatic rings. The summed E-state index contributed by atoms with van der Waals surface area (Å²) in [6.07, 6.45) is -0.0597. The zero-order valence-corrected chi connectivity index (χ0v) is 13.7. The zero-order valence-electron chi connectivity index (χ0n) is 13.7. The van der Waals surface area contributed by atoms with Crippen LogP contribution in [0, 0.1) is 5.92 Å². The Hall–Kier alpha value is -2.37. The number of nitrogens with one attached hydrogen (secondary N) is 1. The lowest BCUT2D eigenvalue weighted by Gasteiger charge is -2.18. The van der Waals surface area contributed by atoms with Crippen LogP contribution in [0.4, 0.5) is 4.79 Å². The summed E-state index contributed by atoms with van der Waals surface area (Å²) in [6.45, 7) is 6.44. The van der Waals surface area contributed by atoms with Crippen molar-refractivity contribution in [2.45, 2.75) is 33.3 Å². The van der Waals surface area contributed by atoms with E-state index in [2.05, 4.69) is 19.2 Å². The molecule has 1 atom stereocenters. The second kappa shape index (κ2) is 7.26. The van der Waals surface area contributed by atoms with Crippen LogP contribution < -0.4 is 5.32 Å². The Morgan fingerprint density at radius 2 is 1.87 bits per heavy atom. The first-order chi connectivity index (χ1) is 10.9. The van der Waals surface area contributed by atoms with Crippen LogP contribution in [0.2, 0.25) is 0 Å². The van der Waals surface area contributed by atoms with Crippen molar-refractivity contribution >= 4 is 17.9 Å². The Morgan fingerprint density at radius 3 is 2.39 bits per heavy atom. The minimum atomic E-state index is -0.998. The molecule has 1 aromatic carbocycles. The van der Waals surface area contributed by atoms with Gasteiger partial charge < -0.3 is 10.1 Å². The van der Waals surface area contributed by atoms with Gasteiger partial charge in [-0.2, -0.15) is 0 Å². The standard InChI is InChI=1S/C17H22N2O4/c1-11(2)10-13-4-6-14(7-5-13)16(21)23-12(3)15(20)19-9-8-18-17(19)22/h4-7,11-12H,8-10H2,1-3H3,(H,18,22). The van der Waals surface area contributed by atoms with Crippen molar-refractivity contribution in [2.24, 2.45) is 5.92 Å². The van der Waals surface area contributed by atoms with E-state index in [0.29, 0.717) is 24.6 Å². The summed E-state index contributed by atoms with van der Waals surface area (Å²) < 4.78 is 5.17. The Labute approximate surface area is 135 Å². The number of nitrogens with zero attached hydrogens (tertiary/aromatic N) is 1. The van der Waals surface area contributed by atoms with Gasteiger partial charge in [-0.3, -0.25) is 9.69 Å². The van der Waals surface area contributed by atoms with Crippen molar-refractivity contribution in [1.29, 1.82) is 0 Å². The number of ether oxygens (including phenoxy) is 1. The highest BCUT2D eigenvalue weighted by atomic mass is 16.5. The van der Waals surface area contributed by atoms with Gasteiger partial charge in [0.25, 0.3) is 5.91 Å². The van der Waals surface area contributed by atoms with E-state index in [4.69, 9.17) is 4.74 Å². The Bertz CT molecular complexity index is 595. The van der Waals surface area contributed by atoms with Crippen molar-refractivity contribution < 1.29 is 19.1 Å². The van der Waals surface area contributed by atoms with Crippen LogP contribution in [0.3, 0.4) is 0 Å². The maximum absolute atomic E-state index is 12.1. The van der Waals surface area contributed by atoms with E-state index in [1.807, 2.05) is 12.1 Å². The lowest BCUT2D eigenvalue weighted by atomic mass is 10.0. The number of carbonyl (C=O) groups is 3. The van der Waals surface area contributed by atoms with E-state index in [0.717, 1.165) is 16.9 Å². The van der Waals surface area contributed by atoms with Crippen LogP contribution in [0.1, 0.15) is 36.7 Å². The fraction of sp³-hybridized carbons (Fsp3) is 0.471. The van der Waals surface area contributed by atoms with Gasteiger partial charge in [0.15, 0.2) is 6.10 Å². The quantitative estimate of drug-likeness (QED) is 0.842. The number of imide groups is 1. The molecule has 1 unspecified atom stereocenters. The van der Waals surface area contributed by atoms with Crippen LogP contribution in [-0.2, 0) is 16.0 Å². The van der Waals surface area contributed by atoms with Gasteiger partial charge in [0.05, 0.1) is 5.56 Å². The van der Waals surface area contributed by atoms with E-state index in [-0.39, 0.29) is 0 Å². The highest BCUT2D eigenvalue weighted by Gasteiger charge is 2.31. The molecule has 0 aliphatic carbocycles. The second-order valence-corrected chi connectivity index (χ2v) is 6.06. The summed E-state index contributed by atoms with van der Waals surface area (Å²) in [5, 5.41) is 2.54. The third-order valence-corrected chi connectivity index (χ3v) is 3.59. The van der Waals surface area contributed by atoms with Crippen molar-refractivity contribution in [3.05, 3.63) is 35.4 Å². The molecule has 0 aromatic heterocycles. The first kappa shape index (κ1) is 17.0. The summed E-state index contributed by atoms with van der Waals surface area (Å²) >= 11 is 0. The van der Waals surface area contributed by atoms with E-state index < -0.39 is 24.0 Å². The van der Waals surface area contributed by atoms with Crippen LogP contribution in [-0.4, -0.2) is 42.0 Å². The van der Waals surface area contributed by atoms with Gasteiger partial charge in [-0.25, -0.2) is 9.59 Å². The largest absolute Gasteiger partial charge is 0.449 e. The molecular formula is C17H22N2O4. The minimum absolute atomic E-state index is 0.295. The molecule has 6 nitrogen and oxygen atoms in total. The normalized spacial score (nSPS) is 15.5. The summed E-state index contributed by atoms with van der Waals surface area (Å²) in [7, 11) is 0. The SMILES string of the molecule is CC(C)Cc1ccc(C(=O)OC(C)C(=O)N2CCNC2=O)cc1. The van der Waals surface area contributed by atoms with Gasteiger partial charge in [-0.1, -0.05) is 26.0 Å². The van der Waals surface area contributed by atoms with Crippen molar-refractivity contribution in [2.75, 3.05) is 13.1 Å². The van der Waals surface area contributed by atoms with Gasteiger partial charge in [0, 0.05) is 13.1 Å². The van der Waals surface area contributed by atoms with E-state index >= 15 is 0 Å². The van der Waals surface area contributed by atoms with Crippen LogP contribution in [0.15, 0.2) is 24.3 Å². The molecule has 0 bridgehead atoms. The molecule has 1 saturated heterocycles. The predicted octanol–water partition coefficient (Wildman–Crippen LogP) is 1.98. The van der Waals surface area contributed by atoms with Gasteiger partial charge in [0.1, 0.15) is 0 Å². The number of hydrogen-bond donors (Lipinski definition) is 1. The molecule has 0 saturated carbocycles. The fourth-order valence-electron chi connectivity index (χ4n) is 2.43. The average molecular weight is 318 g/mol. The highest BCUT2D eigenvalue weighted by molar-refractivity contribution is 5.99. The number of amides is 3. The third-order valence-electron chi connectivity index (χ3n) is 3.59. The molecule has 124 valence electrons. The van der Waals surface area contributed by atoms with Crippen LogP contribution in [0.25, 0.3) is 0 Å². The van der Waals surface area contributed by atoms with Crippen molar-refractivity contribution in [3.63, 3.8) is 0 Å². The third kappa shape index (κ3) is 4.31. The maximum atomic E-state index is 12.1. The lowest BCUT2D eigenvalue weighted by molar-refractivity contribution is -0.136. The number of benzene rings is 1. The molecule has 2 rings (SSSR count). The Morgan fingerprint density at radius 1 is 1.22 bits per heavy atom. The molecule has 1 heterocycles. The first-order valence-corrected chi connectivity index (χ1v) is 7.77. The van der Waals surface area contributed by atoms with Gasteiger partial charge in [0.2, 0.25) is 0 Å². The van der Waals surface area contributed by atoms with Crippen LogP contribution >= 0.6 is 0 Å². The maximum Gasteiger partial charge on any atom is 0.338 e. The van der Waals surface area contributed by atoms with Gasteiger partial charge in [-0.15, -0.1) is 0 Å². The number of rotatable bonds is 5. The summed E-state index contributed by atoms with van der Waals surface area (Å²) in [5.74, 6) is -0.539. The smallest absolute Gasteiger partial charge is 0.338 e. The molecule has 1 N–H and O–H groups in total. The fourth-order valence-corrected chi connectivity index (χ4v) is 2.43. The minimum Gasteiger partial charge on any atom is -0.449 e. The zero-order chi connectivity index (χ0) is 17.0. The molecule has 1 fully saturated rings. The van der Waals surface area contributed by atoms with Gasteiger partial charge >= 0.3 is 12.0 Å². The number of esters is 1. The van der Waals surface area contributed by atoms with E-state index in [1.165, 1.54) is 6.92 Å². The van der Waals surface area contributed by atoms with E-state index in [9.17, 15) is 14.4 Å². The second-order valence-electron chi connectivity index (χ2n) is 6.06. The number of hydrogen-bond acceptors (Lipinski definition) is 4. The topological polar surface area (TPSA) is 75.7 Å². The molecule has 23 heavy (non-hydrogen) atoms. The summed E-state index contributed by atoms with van der Waals surface area (Å²) in [5.41, 5.74) is 1.54. The molecule has 1 aromatic rings. The monoisotopic (exact) mass is 318 g/mol. The molecular weight excluding hydrogens is 296 g/mol. The number of urea groups is 1. The first-order valence-electron chi connectivity index (χ1n) is 7.77. The molecule has 6 heteroatoms. The summed E-state index contributed by atoms with van der Waals surface area (Å²) in [6, 6.07) is 6.71.